The molecule has 1 saturated heterocycles. The van der Waals surface area contributed by atoms with Crippen molar-refractivity contribution in [2.75, 3.05) is 13.1 Å². The van der Waals surface area contributed by atoms with Crippen molar-refractivity contribution in [1.29, 1.82) is 0 Å². The standard InChI is InChI=1S/C8H18N2O4/c9-2-4(11)1-5-7(13)8(14)6(12)3-10-5/h4-8,10-14H,1-3,9H2/t4-,5-,6+,7-,8+/m0/s1. The smallest absolute Gasteiger partial charge is 0.108 e. The number of hydrogen-bond donors (Lipinski definition) is 6. The first-order valence-electron chi connectivity index (χ1n) is 4.72. The molecule has 0 amide bonds. The molecule has 7 N–H and O–H groups in total. The van der Waals surface area contributed by atoms with E-state index in [2.05, 4.69) is 5.32 Å². The Labute approximate surface area is 82.4 Å². The summed E-state index contributed by atoms with van der Waals surface area (Å²) in [7, 11) is 0. The van der Waals surface area contributed by atoms with Gasteiger partial charge in [0.05, 0.1) is 18.3 Å². The molecule has 1 aliphatic rings. The zero-order chi connectivity index (χ0) is 10.7. The predicted octanol–water partition coefficient (Wildman–Crippen LogP) is -3.25. The van der Waals surface area contributed by atoms with Gasteiger partial charge in [-0.15, -0.1) is 0 Å². The lowest BCUT2D eigenvalue weighted by atomic mass is 9.92. The molecule has 0 spiro atoms. The maximum Gasteiger partial charge on any atom is 0.108 e. The molecule has 1 aliphatic heterocycles. The Morgan fingerprint density at radius 1 is 1.29 bits per heavy atom. The summed E-state index contributed by atoms with van der Waals surface area (Å²) in [6.07, 6.45) is -3.63. The van der Waals surface area contributed by atoms with Crippen molar-refractivity contribution in [3.8, 4) is 0 Å². The third-order valence-corrected chi connectivity index (χ3v) is 2.54. The van der Waals surface area contributed by atoms with Crippen LogP contribution in [0.2, 0.25) is 0 Å². The van der Waals surface area contributed by atoms with E-state index in [9.17, 15) is 20.4 Å². The Bertz CT molecular complexity index is 181. The third kappa shape index (κ3) is 2.63. The molecule has 14 heavy (non-hydrogen) atoms. The van der Waals surface area contributed by atoms with Gasteiger partial charge in [-0.3, -0.25) is 0 Å². The highest BCUT2D eigenvalue weighted by Gasteiger charge is 2.36. The molecule has 0 aromatic carbocycles. The number of hydrogen-bond acceptors (Lipinski definition) is 6. The van der Waals surface area contributed by atoms with Crippen molar-refractivity contribution >= 4 is 0 Å². The summed E-state index contributed by atoms with van der Waals surface area (Å²) in [6.45, 7) is 0.323. The van der Waals surface area contributed by atoms with Gasteiger partial charge in [0.25, 0.3) is 0 Å². The van der Waals surface area contributed by atoms with Gasteiger partial charge in [-0.25, -0.2) is 0 Å². The lowest BCUT2D eigenvalue weighted by Crippen LogP contribution is -2.60. The molecule has 1 rings (SSSR count). The third-order valence-electron chi connectivity index (χ3n) is 2.54. The molecule has 1 heterocycles. The van der Waals surface area contributed by atoms with Crippen molar-refractivity contribution < 1.29 is 20.4 Å². The van der Waals surface area contributed by atoms with Gasteiger partial charge in [-0.1, -0.05) is 0 Å². The fourth-order valence-electron chi connectivity index (χ4n) is 1.59. The first-order valence-corrected chi connectivity index (χ1v) is 4.72. The van der Waals surface area contributed by atoms with Gasteiger partial charge in [0.1, 0.15) is 6.10 Å². The van der Waals surface area contributed by atoms with E-state index >= 15 is 0 Å². The van der Waals surface area contributed by atoms with Crippen LogP contribution in [0.15, 0.2) is 0 Å². The summed E-state index contributed by atoms with van der Waals surface area (Å²) in [5, 5.41) is 40.2. The normalized spacial score (nSPS) is 40.9. The highest BCUT2D eigenvalue weighted by molar-refractivity contribution is 4.93. The van der Waals surface area contributed by atoms with Gasteiger partial charge < -0.3 is 31.5 Å². The van der Waals surface area contributed by atoms with Crippen LogP contribution in [0.3, 0.4) is 0 Å². The molecule has 84 valence electrons. The van der Waals surface area contributed by atoms with E-state index in [-0.39, 0.29) is 19.5 Å². The van der Waals surface area contributed by atoms with E-state index in [0.29, 0.717) is 0 Å². The van der Waals surface area contributed by atoms with E-state index in [1.165, 1.54) is 0 Å². The molecule has 5 atom stereocenters. The fourth-order valence-corrected chi connectivity index (χ4v) is 1.59. The van der Waals surface area contributed by atoms with Crippen molar-refractivity contribution in [1.82, 2.24) is 5.32 Å². The summed E-state index contributed by atoms with van der Waals surface area (Å²) < 4.78 is 0. The van der Waals surface area contributed by atoms with Gasteiger partial charge in [-0.2, -0.15) is 0 Å². The topological polar surface area (TPSA) is 119 Å². The second-order valence-corrected chi connectivity index (χ2v) is 3.69. The van der Waals surface area contributed by atoms with E-state index in [1.807, 2.05) is 0 Å². The monoisotopic (exact) mass is 206 g/mol. The second kappa shape index (κ2) is 5.01. The number of piperidine rings is 1. The minimum Gasteiger partial charge on any atom is -0.392 e. The lowest BCUT2D eigenvalue weighted by Gasteiger charge is -2.36. The minimum absolute atomic E-state index is 0.115. The number of rotatable bonds is 3. The zero-order valence-electron chi connectivity index (χ0n) is 7.87. The van der Waals surface area contributed by atoms with E-state index in [0.717, 1.165) is 0 Å². The van der Waals surface area contributed by atoms with E-state index < -0.39 is 30.5 Å². The molecule has 0 aromatic rings. The van der Waals surface area contributed by atoms with E-state index in [4.69, 9.17) is 5.73 Å². The molecule has 0 saturated carbocycles. The average Bonchev–Trinajstić information content (AvgIpc) is 2.19. The molecule has 0 unspecified atom stereocenters. The number of aliphatic hydroxyl groups excluding tert-OH is 4. The van der Waals surface area contributed by atoms with Crippen LogP contribution in [0.1, 0.15) is 6.42 Å². The van der Waals surface area contributed by atoms with E-state index in [1.54, 1.807) is 0 Å². The summed E-state index contributed by atoms with van der Waals surface area (Å²) >= 11 is 0. The average molecular weight is 206 g/mol. The van der Waals surface area contributed by atoms with Crippen molar-refractivity contribution in [2.45, 2.75) is 36.9 Å². The van der Waals surface area contributed by atoms with Crippen molar-refractivity contribution in [2.24, 2.45) is 5.73 Å². The maximum absolute atomic E-state index is 9.53. The van der Waals surface area contributed by atoms with Gasteiger partial charge in [0, 0.05) is 19.1 Å². The highest BCUT2D eigenvalue weighted by Crippen LogP contribution is 2.14. The maximum atomic E-state index is 9.53. The van der Waals surface area contributed by atoms with Crippen LogP contribution in [0, 0.1) is 0 Å². The Morgan fingerprint density at radius 3 is 2.50 bits per heavy atom. The molecule has 1 fully saturated rings. The molecule has 6 nitrogen and oxygen atoms in total. The van der Waals surface area contributed by atoms with Gasteiger partial charge in [0.2, 0.25) is 0 Å². The largest absolute Gasteiger partial charge is 0.392 e. The van der Waals surface area contributed by atoms with Gasteiger partial charge >= 0.3 is 0 Å². The first kappa shape index (κ1) is 11.8. The number of nitrogens with one attached hydrogen (secondary N) is 1. The Kier molecular flexibility index (Phi) is 4.24. The summed E-state index contributed by atoms with van der Waals surface area (Å²) in [4.78, 5) is 0. The Balaban J connectivity index is 2.46. The molecule has 0 bridgehead atoms. The van der Waals surface area contributed by atoms with Crippen LogP contribution in [0.4, 0.5) is 0 Å². The van der Waals surface area contributed by atoms with Gasteiger partial charge in [-0.05, 0) is 6.42 Å². The Hall–Kier alpha value is -0.240. The second-order valence-electron chi connectivity index (χ2n) is 3.69. The van der Waals surface area contributed by atoms with Crippen LogP contribution in [0.25, 0.3) is 0 Å². The van der Waals surface area contributed by atoms with Crippen LogP contribution >= 0.6 is 0 Å². The number of aliphatic hydroxyl groups is 4. The van der Waals surface area contributed by atoms with Crippen LogP contribution in [-0.4, -0.2) is 64.0 Å². The van der Waals surface area contributed by atoms with Crippen LogP contribution in [-0.2, 0) is 0 Å². The van der Waals surface area contributed by atoms with Crippen molar-refractivity contribution in [3.63, 3.8) is 0 Å². The number of nitrogens with two attached hydrogens (primary N) is 1. The first-order chi connectivity index (χ1) is 6.56. The molecule has 0 radical (unpaired) electrons. The van der Waals surface area contributed by atoms with Crippen LogP contribution < -0.4 is 11.1 Å². The summed E-state index contributed by atoms with van der Waals surface area (Å²) in [5.41, 5.74) is 5.23. The predicted molar refractivity (Wildman–Crippen MR) is 49.5 cm³/mol. The van der Waals surface area contributed by atoms with Crippen molar-refractivity contribution in [3.05, 3.63) is 0 Å². The molecular weight excluding hydrogens is 188 g/mol. The molecular formula is C8H18N2O4. The zero-order valence-corrected chi connectivity index (χ0v) is 7.87. The molecule has 0 aliphatic carbocycles. The summed E-state index contributed by atoms with van der Waals surface area (Å²) in [6, 6.07) is -0.424. The Morgan fingerprint density at radius 2 is 1.93 bits per heavy atom. The lowest BCUT2D eigenvalue weighted by molar-refractivity contribution is -0.0991. The van der Waals surface area contributed by atoms with Gasteiger partial charge in [0.15, 0.2) is 0 Å². The molecule has 0 aromatic heterocycles. The van der Waals surface area contributed by atoms with Crippen LogP contribution in [0.5, 0.6) is 0 Å². The molecule has 6 heteroatoms. The summed E-state index contributed by atoms with van der Waals surface area (Å²) in [5.74, 6) is 0. The number of β-amino-alcohol motifs (C(OH)–C–C–N with tert-alkyl or cyclic N) is 1. The minimum atomic E-state index is -1.16. The highest BCUT2D eigenvalue weighted by atomic mass is 16.4. The fraction of sp³-hybridized carbons (Fsp3) is 1.00. The SMILES string of the molecule is NC[C@@H](O)C[C@@H]1NC[C@@H](O)[C@@H](O)[C@H]1O. The quantitative estimate of drug-likeness (QED) is 0.289.